The first-order valence-corrected chi connectivity index (χ1v) is 11.0. The molecule has 1 aliphatic rings. The van der Waals surface area contributed by atoms with E-state index in [1.165, 1.54) is 13.2 Å². The summed E-state index contributed by atoms with van der Waals surface area (Å²) in [5, 5.41) is 11.8. The van der Waals surface area contributed by atoms with Crippen molar-refractivity contribution in [3.8, 4) is 17.0 Å². The van der Waals surface area contributed by atoms with Crippen molar-refractivity contribution in [1.82, 2.24) is 10.2 Å². The zero-order valence-corrected chi connectivity index (χ0v) is 19.0. The molecule has 1 fully saturated rings. The van der Waals surface area contributed by atoms with Gasteiger partial charge >= 0.3 is 6.18 Å². The lowest BCUT2D eigenvalue weighted by atomic mass is 9.97. The van der Waals surface area contributed by atoms with E-state index in [0.29, 0.717) is 36.0 Å². The third kappa shape index (κ3) is 5.41. The van der Waals surface area contributed by atoms with Crippen LogP contribution < -0.4 is 15.0 Å². The summed E-state index contributed by atoms with van der Waals surface area (Å²) in [4.78, 5) is 14.9. The minimum atomic E-state index is -4.52. The Morgan fingerprint density at radius 2 is 1.88 bits per heavy atom. The van der Waals surface area contributed by atoms with Gasteiger partial charge in [-0.15, -0.1) is 10.2 Å². The average molecular weight is 491 g/mol. The highest BCUT2D eigenvalue weighted by molar-refractivity contribution is 6.30. The molecular formula is C24H22ClF3N4O2. The van der Waals surface area contributed by atoms with Crippen molar-refractivity contribution in [3.05, 3.63) is 65.2 Å². The maximum Gasteiger partial charge on any atom is 0.416 e. The molecule has 1 aromatic heterocycles. The van der Waals surface area contributed by atoms with Gasteiger partial charge in [-0.3, -0.25) is 4.79 Å². The minimum Gasteiger partial charge on any atom is -0.495 e. The van der Waals surface area contributed by atoms with Crippen LogP contribution in [0.4, 0.5) is 24.7 Å². The van der Waals surface area contributed by atoms with Gasteiger partial charge in [-0.25, -0.2) is 0 Å². The molecule has 3 aromatic rings. The largest absolute Gasteiger partial charge is 0.495 e. The van der Waals surface area contributed by atoms with Crippen LogP contribution in [0.1, 0.15) is 18.4 Å². The fourth-order valence-electron chi connectivity index (χ4n) is 3.88. The Balaban J connectivity index is 1.46. The van der Waals surface area contributed by atoms with Crippen molar-refractivity contribution < 1.29 is 22.7 Å². The van der Waals surface area contributed by atoms with Crippen LogP contribution in [0.3, 0.4) is 0 Å². The second-order valence-electron chi connectivity index (χ2n) is 7.97. The molecule has 1 unspecified atom stereocenters. The summed E-state index contributed by atoms with van der Waals surface area (Å²) < 4.78 is 44.5. The SMILES string of the molecule is COc1ccc(C(F)(F)F)cc1NC(=O)C1CCCN(c2ccc(-c3ccc(Cl)cc3)nn2)C1. The summed E-state index contributed by atoms with van der Waals surface area (Å²) >= 11 is 5.93. The summed E-state index contributed by atoms with van der Waals surface area (Å²) in [7, 11) is 1.34. The molecule has 4 rings (SSSR count). The van der Waals surface area contributed by atoms with Crippen LogP contribution in [0.25, 0.3) is 11.3 Å². The van der Waals surface area contributed by atoms with E-state index in [-0.39, 0.29) is 17.3 Å². The van der Waals surface area contributed by atoms with Gasteiger partial charge in [0.2, 0.25) is 5.91 Å². The standard InChI is InChI=1S/C24H22ClF3N4O2/c1-34-21-10-6-17(24(26,27)28)13-20(21)29-23(33)16-3-2-12-32(14-16)22-11-9-19(30-31-22)15-4-7-18(25)8-5-15/h4-11,13,16H,2-3,12,14H2,1H3,(H,29,33). The van der Waals surface area contributed by atoms with E-state index >= 15 is 0 Å². The van der Waals surface area contributed by atoms with E-state index in [0.717, 1.165) is 24.1 Å². The number of benzene rings is 2. The second kappa shape index (κ2) is 9.89. The molecular weight excluding hydrogens is 469 g/mol. The summed E-state index contributed by atoms with van der Waals surface area (Å²) in [6.45, 7) is 1.08. The summed E-state index contributed by atoms with van der Waals surface area (Å²) in [6.07, 6.45) is -3.18. The molecule has 1 amide bonds. The zero-order chi connectivity index (χ0) is 24.3. The van der Waals surface area contributed by atoms with Crippen LogP contribution in [0.2, 0.25) is 5.02 Å². The number of rotatable bonds is 5. The lowest BCUT2D eigenvalue weighted by Crippen LogP contribution is -2.41. The minimum absolute atomic E-state index is 0.00782. The predicted molar refractivity (Wildman–Crippen MR) is 124 cm³/mol. The average Bonchev–Trinajstić information content (AvgIpc) is 2.84. The highest BCUT2D eigenvalue weighted by Crippen LogP contribution is 2.35. The topological polar surface area (TPSA) is 67.3 Å². The van der Waals surface area contributed by atoms with Gasteiger partial charge in [0.1, 0.15) is 5.75 Å². The van der Waals surface area contributed by atoms with E-state index < -0.39 is 17.7 Å². The monoisotopic (exact) mass is 490 g/mol. The number of aromatic nitrogens is 2. The maximum atomic E-state index is 13.1. The molecule has 1 N–H and O–H groups in total. The number of alkyl halides is 3. The molecule has 1 saturated heterocycles. The number of nitrogens with zero attached hydrogens (tertiary/aromatic N) is 3. The van der Waals surface area contributed by atoms with Gasteiger partial charge in [0.25, 0.3) is 0 Å². The first-order chi connectivity index (χ1) is 16.2. The Morgan fingerprint density at radius 3 is 2.53 bits per heavy atom. The third-order valence-electron chi connectivity index (χ3n) is 5.69. The fraction of sp³-hybridized carbons (Fsp3) is 0.292. The molecule has 1 aliphatic heterocycles. The van der Waals surface area contributed by atoms with E-state index in [2.05, 4.69) is 15.5 Å². The lowest BCUT2D eigenvalue weighted by Gasteiger charge is -2.32. The van der Waals surface area contributed by atoms with Crippen LogP contribution in [0.5, 0.6) is 5.75 Å². The van der Waals surface area contributed by atoms with E-state index in [9.17, 15) is 18.0 Å². The first kappa shape index (κ1) is 23.8. The Kier molecular flexibility index (Phi) is 6.92. The van der Waals surface area contributed by atoms with Crippen LogP contribution in [0.15, 0.2) is 54.6 Å². The summed E-state index contributed by atoms with van der Waals surface area (Å²) in [5.74, 6) is 0.00309. The number of nitrogens with one attached hydrogen (secondary N) is 1. The van der Waals surface area contributed by atoms with E-state index in [4.69, 9.17) is 16.3 Å². The quantitative estimate of drug-likeness (QED) is 0.498. The molecule has 2 heterocycles. The predicted octanol–water partition coefficient (Wildman–Crippen LogP) is 5.68. The normalized spacial score (nSPS) is 16.3. The van der Waals surface area contributed by atoms with Crippen LogP contribution >= 0.6 is 11.6 Å². The molecule has 0 saturated carbocycles. The Morgan fingerprint density at radius 1 is 1.12 bits per heavy atom. The fourth-order valence-corrected chi connectivity index (χ4v) is 4.01. The zero-order valence-electron chi connectivity index (χ0n) is 18.3. The van der Waals surface area contributed by atoms with Crippen molar-refractivity contribution >= 4 is 29.0 Å². The van der Waals surface area contributed by atoms with Crippen LogP contribution in [-0.2, 0) is 11.0 Å². The highest BCUT2D eigenvalue weighted by Gasteiger charge is 2.32. The number of ether oxygens (including phenoxy) is 1. The Bertz CT molecular complexity index is 1150. The summed E-state index contributed by atoms with van der Waals surface area (Å²) in [6, 6.07) is 14.0. The Labute approximate surface area is 199 Å². The number of carbonyl (C=O) groups excluding carboxylic acids is 1. The Hall–Kier alpha value is -3.33. The van der Waals surface area contributed by atoms with Gasteiger partial charge in [-0.05, 0) is 55.3 Å². The van der Waals surface area contributed by atoms with Gasteiger partial charge in [-0.1, -0.05) is 23.7 Å². The lowest BCUT2D eigenvalue weighted by molar-refractivity contribution is -0.137. The van der Waals surface area contributed by atoms with Crippen molar-refractivity contribution in [3.63, 3.8) is 0 Å². The smallest absolute Gasteiger partial charge is 0.416 e. The number of hydrogen-bond donors (Lipinski definition) is 1. The molecule has 0 aliphatic carbocycles. The van der Waals surface area contributed by atoms with Crippen molar-refractivity contribution in [2.45, 2.75) is 19.0 Å². The van der Waals surface area contributed by atoms with E-state index in [1.807, 2.05) is 29.2 Å². The number of methoxy groups -OCH3 is 1. The van der Waals surface area contributed by atoms with Crippen LogP contribution in [-0.4, -0.2) is 36.3 Å². The molecule has 0 bridgehead atoms. The van der Waals surface area contributed by atoms with Gasteiger partial charge in [0.05, 0.1) is 30.0 Å². The number of piperidine rings is 1. The molecule has 2 aromatic carbocycles. The highest BCUT2D eigenvalue weighted by atomic mass is 35.5. The van der Waals surface area contributed by atoms with Crippen LogP contribution in [0, 0.1) is 5.92 Å². The third-order valence-corrected chi connectivity index (χ3v) is 5.94. The van der Waals surface area contributed by atoms with Crippen molar-refractivity contribution in [2.24, 2.45) is 5.92 Å². The molecule has 178 valence electrons. The van der Waals surface area contributed by atoms with Gasteiger partial charge in [-0.2, -0.15) is 13.2 Å². The summed E-state index contributed by atoms with van der Waals surface area (Å²) in [5.41, 5.74) is 0.717. The first-order valence-electron chi connectivity index (χ1n) is 10.7. The molecule has 1 atom stereocenters. The number of anilines is 2. The number of amides is 1. The second-order valence-corrected chi connectivity index (χ2v) is 8.41. The molecule has 34 heavy (non-hydrogen) atoms. The molecule has 0 radical (unpaired) electrons. The van der Waals surface area contributed by atoms with Gasteiger partial charge in [0.15, 0.2) is 5.82 Å². The molecule has 10 heteroatoms. The van der Waals surface area contributed by atoms with Gasteiger partial charge < -0.3 is 15.0 Å². The van der Waals surface area contributed by atoms with Crippen molar-refractivity contribution in [2.75, 3.05) is 30.4 Å². The number of carbonyl (C=O) groups is 1. The van der Waals surface area contributed by atoms with E-state index in [1.54, 1.807) is 12.1 Å². The number of hydrogen-bond acceptors (Lipinski definition) is 5. The molecule has 6 nitrogen and oxygen atoms in total. The molecule has 0 spiro atoms. The van der Waals surface area contributed by atoms with Crippen molar-refractivity contribution in [1.29, 1.82) is 0 Å². The number of halogens is 4. The maximum absolute atomic E-state index is 13.1. The van der Waals surface area contributed by atoms with Gasteiger partial charge in [0, 0.05) is 23.7 Å².